The van der Waals surface area contributed by atoms with Gasteiger partial charge in [-0.15, -0.1) is 0 Å². The summed E-state index contributed by atoms with van der Waals surface area (Å²) in [6, 6.07) is 6.66. The van der Waals surface area contributed by atoms with Crippen molar-refractivity contribution in [3.8, 4) is 0 Å². The number of carbonyl (C=O) groups excluding carboxylic acids is 1. The van der Waals surface area contributed by atoms with Crippen LogP contribution in [0.5, 0.6) is 0 Å². The van der Waals surface area contributed by atoms with Crippen LogP contribution in [0.25, 0.3) is 0 Å². The van der Waals surface area contributed by atoms with Crippen LogP contribution in [-0.4, -0.2) is 18.6 Å². The molecule has 0 saturated carbocycles. The van der Waals surface area contributed by atoms with Gasteiger partial charge in [-0.1, -0.05) is 0 Å². The van der Waals surface area contributed by atoms with Crippen LogP contribution in [0.3, 0.4) is 0 Å². The number of nitrogens with one attached hydrogen (secondary N) is 1. The van der Waals surface area contributed by atoms with Crippen molar-refractivity contribution in [2.24, 2.45) is 5.73 Å². The van der Waals surface area contributed by atoms with Crippen molar-refractivity contribution < 1.29 is 9.18 Å². The zero-order valence-electron chi connectivity index (χ0n) is 7.96. The van der Waals surface area contributed by atoms with E-state index in [0.717, 1.165) is 6.29 Å². The molecule has 0 bridgehead atoms. The largest absolute Gasteiger partial charge is 0.365 e. The van der Waals surface area contributed by atoms with Gasteiger partial charge in [0, 0.05) is 11.3 Å². The zero-order chi connectivity index (χ0) is 10.6. The van der Waals surface area contributed by atoms with Crippen molar-refractivity contribution in [2.75, 3.05) is 12.0 Å². The maximum atomic E-state index is 12.4. The fourth-order valence-electron chi connectivity index (χ4n) is 1.01. The van der Waals surface area contributed by atoms with Crippen molar-refractivity contribution in [3.63, 3.8) is 0 Å². The van der Waals surface area contributed by atoms with E-state index in [-0.39, 0.29) is 0 Å². The molecule has 1 aromatic carbocycles. The molecule has 0 aliphatic rings. The number of hydrogen-bond donors (Lipinski definition) is 2. The van der Waals surface area contributed by atoms with Crippen molar-refractivity contribution in [3.05, 3.63) is 29.8 Å². The second-order valence-electron chi connectivity index (χ2n) is 3.42. The van der Waals surface area contributed by atoms with Crippen molar-refractivity contribution >= 4 is 12.0 Å². The van der Waals surface area contributed by atoms with E-state index in [1.54, 1.807) is 31.2 Å². The first-order valence-corrected chi connectivity index (χ1v) is 4.26. The SMILES string of the molecule is CC(N)(CF)Nc1ccc(C=O)cc1. The molecule has 1 aromatic rings. The summed E-state index contributed by atoms with van der Waals surface area (Å²) in [4.78, 5) is 10.4. The highest BCUT2D eigenvalue weighted by atomic mass is 19.1. The minimum Gasteiger partial charge on any atom is -0.365 e. The van der Waals surface area contributed by atoms with E-state index in [0.29, 0.717) is 11.3 Å². The molecule has 1 rings (SSSR count). The summed E-state index contributed by atoms with van der Waals surface area (Å²) < 4.78 is 12.4. The zero-order valence-corrected chi connectivity index (χ0v) is 7.96. The lowest BCUT2D eigenvalue weighted by atomic mass is 10.2. The van der Waals surface area contributed by atoms with Gasteiger partial charge in [-0.2, -0.15) is 0 Å². The Morgan fingerprint density at radius 3 is 2.50 bits per heavy atom. The van der Waals surface area contributed by atoms with Crippen LogP contribution in [0.4, 0.5) is 10.1 Å². The standard InChI is InChI=1S/C10H13FN2O/c1-10(12,7-11)13-9-4-2-8(6-14)3-5-9/h2-6,13H,7,12H2,1H3. The summed E-state index contributed by atoms with van der Waals surface area (Å²) in [7, 11) is 0. The minimum atomic E-state index is -1.07. The third-order valence-corrected chi connectivity index (χ3v) is 1.75. The maximum absolute atomic E-state index is 12.4. The van der Waals surface area contributed by atoms with E-state index in [2.05, 4.69) is 5.32 Å². The van der Waals surface area contributed by atoms with E-state index in [9.17, 15) is 9.18 Å². The van der Waals surface area contributed by atoms with E-state index in [1.165, 1.54) is 0 Å². The van der Waals surface area contributed by atoms with Crippen LogP contribution in [-0.2, 0) is 0 Å². The highest BCUT2D eigenvalue weighted by molar-refractivity contribution is 5.75. The molecule has 0 aliphatic carbocycles. The molecular weight excluding hydrogens is 183 g/mol. The van der Waals surface area contributed by atoms with E-state index in [1.807, 2.05) is 0 Å². The topological polar surface area (TPSA) is 55.1 Å². The third kappa shape index (κ3) is 2.81. The molecule has 3 nitrogen and oxygen atoms in total. The number of anilines is 1. The summed E-state index contributed by atoms with van der Waals surface area (Å²) in [6.45, 7) is 0.892. The Morgan fingerprint density at radius 1 is 1.50 bits per heavy atom. The average Bonchev–Trinajstić information content (AvgIpc) is 2.19. The number of nitrogens with two attached hydrogens (primary N) is 1. The normalized spacial score (nSPS) is 14.5. The van der Waals surface area contributed by atoms with Gasteiger partial charge in [-0.3, -0.25) is 4.79 Å². The van der Waals surface area contributed by atoms with Crippen LogP contribution in [0.1, 0.15) is 17.3 Å². The molecular formula is C10H13FN2O. The van der Waals surface area contributed by atoms with Crippen molar-refractivity contribution in [1.82, 2.24) is 0 Å². The molecule has 1 atom stereocenters. The van der Waals surface area contributed by atoms with Gasteiger partial charge >= 0.3 is 0 Å². The predicted molar refractivity (Wildman–Crippen MR) is 54.0 cm³/mol. The van der Waals surface area contributed by atoms with Crippen LogP contribution in [0, 0.1) is 0 Å². The molecule has 0 radical (unpaired) electrons. The summed E-state index contributed by atoms with van der Waals surface area (Å²) in [5.41, 5.74) is 5.77. The molecule has 0 aromatic heterocycles. The third-order valence-electron chi connectivity index (χ3n) is 1.75. The van der Waals surface area contributed by atoms with Gasteiger partial charge in [-0.05, 0) is 31.2 Å². The molecule has 14 heavy (non-hydrogen) atoms. The molecule has 0 saturated heterocycles. The number of benzene rings is 1. The first-order chi connectivity index (χ1) is 6.57. The highest BCUT2D eigenvalue weighted by Gasteiger charge is 2.16. The first kappa shape index (κ1) is 10.7. The fraction of sp³-hybridized carbons (Fsp3) is 0.300. The predicted octanol–water partition coefficient (Wildman–Crippen LogP) is 1.56. The summed E-state index contributed by atoms with van der Waals surface area (Å²) in [5, 5.41) is 2.81. The second-order valence-corrected chi connectivity index (χ2v) is 3.42. The first-order valence-electron chi connectivity index (χ1n) is 4.26. The second kappa shape index (κ2) is 4.19. The Hall–Kier alpha value is -1.42. The Bertz CT molecular complexity index is 308. The Balaban J connectivity index is 2.73. The molecule has 0 amide bonds. The van der Waals surface area contributed by atoms with Gasteiger partial charge in [0.05, 0.1) is 0 Å². The van der Waals surface area contributed by atoms with Crippen LogP contribution < -0.4 is 11.1 Å². The molecule has 0 aliphatic heterocycles. The molecule has 3 N–H and O–H groups in total. The number of rotatable bonds is 4. The Kier molecular flexibility index (Phi) is 3.19. The van der Waals surface area contributed by atoms with Crippen molar-refractivity contribution in [1.29, 1.82) is 0 Å². The fourth-order valence-corrected chi connectivity index (χ4v) is 1.01. The molecule has 0 fully saturated rings. The molecule has 0 heterocycles. The summed E-state index contributed by atoms with van der Waals surface area (Å²) >= 11 is 0. The van der Waals surface area contributed by atoms with Gasteiger partial charge in [0.2, 0.25) is 0 Å². The van der Waals surface area contributed by atoms with Crippen LogP contribution in [0.2, 0.25) is 0 Å². The number of hydrogen-bond acceptors (Lipinski definition) is 3. The van der Waals surface area contributed by atoms with Gasteiger partial charge in [0.15, 0.2) is 0 Å². The van der Waals surface area contributed by atoms with E-state index in [4.69, 9.17) is 5.73 Å². The van der Waals surface area contributed by atoms with Crippen molar-refractivity contribution in [2.45, 2.75) is 12.6 Å². The van der Waals surface area contributed by atoms with Gasteiger partial charge in [0.1, 0.15) is 18.6 Å². The lowest BCUT2D eigenvalue weighted by Gasteiger charge is -2.23. The average molecular weight is 196 g/mol. The monoisotopic (exact) mass is 196 g/mol. The smallest absolute Gasteiger partial charge is 0.150 e. The lowest BCUT2D eigenvalue weighted by Crippen LogP contribution is -2.46. The molecule has 0 spiro atoms. The minimum absolute atomic E-state index is 0.578. The highest BCUT2D eigenvalue weighted by Crippen LogP contribution is 2.12. The van der Waals surface area contributed by atoms with Crippen LogP contribution in [0.15, 0.2) is 24.3 Å². The van der Waals surface area contributed by atoms with Gasteiger partial charge in [-0.25, -0.2) is 4.39 Å². The van der Waals surface area contributed by atoms with Gasteiger partial charge in [0.25, 0.3) is 0 Å². The summed E-state index contributed by atoms with van der Waals surface area (Å²) in [6.07, 6.45) is 0.751. The quantitative estimate of drug-likeness (QED) is 0.567. The van der Waals surface area contributed by atoms with E-state index >= 15 is 0 Å². The van der Waals surface area contributed by atoms with Crippen LogP contribution >= 0.6 is 0 Å². The Morgan fingerprint density at radius 2 is 2.07 bits per heavy atom. The molecule has 76 valence electrons. The van der Waals surface area contributed by atoms with Gasteiger partial charge < -0.3 is 11.1 Å². The molecule has 1 unspecified atom stereocenters. The number of carbonyl (C=O) groups is 1. The molecule has 4 heteroatoms. The lowest BCUT2D eigenvalue weighted by molar-refractivity contribution is 0.112. The van der Waals surface area contributed by atoms with E-state index < -0.39 is 12.3 Å². The maximum Gasteiger partial charge on any atom is 0.150 e. The number of alkyl halides is 1. The number of halogens is 1. The number of aldehydes is 1. The Labute approximate surface area is 82.1 Å². The summed E-state index contributed by atoms with van der Waals surface area (Å²) in [5.74, 6) is 0.